The number of nitrogens with one attached hydrogen (secondary N) is 2. The average Bonchev–Trinajstić information content (AvgIpc) is 2.97. The molecule has 0 aliphatic carbocycles. The Bertz CT molecular complexity index is 1610. The molecule has 8 nitrogen and oxygen atoms in total. The van der Waals surface area contributed by atoms with E-state index in [1.54, 1.807) is 55.5 Å². The zero-order valence-corrected chi connectivity index (χ0v) is 24.2. The van der Waals surface area contributed by atoms with E-state index in [0.717, 1.165) is 9.87 Å². The molecule has 0 saturated carbocycles. The molecule has 212 valence electrons. The van der Waals surface area contributed by atoms with Gasteiger partial charge in [-0.2, -0.15) is 0 Å². The lowest BCUT2D eigenvalue weighted by molar-refractivity contribution is -0.114. The van der Waals surface area contributed by atoms with E-state index in [1.807, 2.05) is 37.3 Å². The van der Waals surface area contributed by atoms with Crippen LogP contribution in [0.3, 0.4) is 0 Å². The molecule has 0 fully saturated rings. The molecule has 0 spiro atoms. The lowest BCUT2D eigenvalue weighted by Gasteiger charge is -2.26. The Morgan fingerprint density at radius 2 is 1.51 bits per heavy atom. The fraction of sp³-hybridized carbons (Fsp3) is 0.161. The highest BCUT2D eigenvalue weighted by Gasteiger charge is 2.30. The summed E-state index contributed by atoms with van der Waals surface area (Å²) in [5.41, 5.74) is 1.61. The summed E-state index contributed by atoms with van der Waals surface area (Å²) in [7, 11) is -4.22. The Labute approximate surface area is 245 Å². The highest BCUT2D eigenvalue weighted by Crippen LogP contribution is 2.33. The number of rotatable bonds is 11. The first kappa shape index (κ1) is 29.6. The van der Waals surface area contributed by atoms with Crippen LogP contribution in [0.4, 0.5) is 11.4 Å². The zero-order valence-electron chi connectivity index (χ0n) is 22.6. The van der Waals surface area contributed by atoms with Gasteiger partial charge in [-0.1, -0.05) is 66.2 Å². The molecule has 10 heteroatoms. The molecule has 0 aliphatic heterocycles. The average molecular weight is 592 g/mol. The van der Waals surface area contributed by atoms with Crippen molar-refractivity contribution in [3.8, 4) is 5.75 Å². The second kappa shape index (κ2) is 13.3. The lowest BCUT2D eigenvalue weighted by Crippen LogP contribution is -2.38. The minimum absolute atomic E-state index is 0.0457. The van der Waals surface area contributed by atoms with Crippen LogP contribution in [0.2, 0.25) is 5.02 Å². The van der Waals surface area contributed by atoms with Crippen LogP contribution in [-0.2, 0) is 14.8 Å². The number of sulfonamides is 1. The van der Waals surface area contributed by atoms with Crippen molar-refractivity contribution in [1.29, 1.82) is 0 Å². The molecule has 2 amide bonds. The molecular formula is C31H30ClN3O5S. The molecule has 0 radical (unpaired) electrons. The van der Waals surface area contributed by atoms with E-state index < -0.39 is 22.5 Å². The molecule has 4 aromatic rings. The van der Waals surface area contributed by atoms with Crippen LogP contribution in [0.5, 0.6) is 5.75 Å². The molecule has 4 aromatic carbocycles. The fourth-order valence-electron chi connectivity index (χ4n) is 4.18. The summed E-state index contributed by atoms with van der Waals surface area (Å²) in [6.45, 7) is 3.36. The maximum atomic E-state index is 13.8. The van der Waals surface area contributed by atoms with Crippen molar-refractivity contribution in [1.82, 2.24) is 5.32 Å². The second-order valence-corrected chi connectivity index (χ2v) is 11.4. The van der Waals surface area contributed by atoms with E-state index in [2.05, 4.69) is 10.6 Å². The number of para-hydroxylation sites is 3. The molecule has 4 rings (SSSR count). The van der Waals surface area contributed by atoms with Gasteiger partial charge in [0.15, 0.2) is 0 Å². The number of amides is 2. The minimum atomic E-state index is -4.22. The van der Waals surface area contributed by atoms with Gasteiger partial charge in [0.05, 0.1) is 34.5 Å². The van der Waals surface area contributed by atoms with Crippen LogP contribution in [0.1, 0.15) is 35.8 Å². The number of ether oxygens (including phenoxy) is 1. The number of carbonyl (C=O) groups is 2. The SMILES string of the molecule is CCOc1ccccc1N(CC(=O)Nc1ccccc1C(=O)N[C@H](C)c1ccccc1)S(=O)(=O)c1ccc(Cl)cc1. The Hall–Kier alpha value is -4.34. The smallest absolute Gasteiger partial charge is 0.264 e. The zero-order chi connectivity index (χ0) is 29.4. The van der Waals surface area contributed by atoms with Crippen molar-refractivity contribution in [3.63, 3.8) is 0 Å². The monoisotopic (exact) mass is 591 g/mol. The standard InChI is InChI=1S/C31H30ClN3O5S/c1-3-40-29-16-10-9-15-28(29)35(41(38,39)25-19-17-24(32)18-20-25)21-30(36)34-27-14-8-7-13-26(27)31(37)33-22(2)23-11-5-4-6-12-23/h4-20,22H,3,21H2,1-2H3,(H,33,37)(H,34,36)/t22-/m1/s1. The molecule has 41 heavy (non-hydrogen) atoms. The third-order valence-electron chi connectivity index (χ3n) is 6.22. The molecule has 2 N–H and O–H groups in total. The molecule has 0 saturated heterocycles. The van der Waals surface area contributed by atoms with Crippen LogP contribution < -0.4 is 19.7 Å². The number of halogens is 1. The molecule has 1 atom stereocenters. The van der Waals surface area contributed by atoms with E-state index in [9.17, 15) is 18.0 Å². The van der Waals surface area contributed by atoms with Gasteiger partial charge in [-0.15, -0.1) is 0 Å². The lowest BCUT2D eigenvalue weighted by atomic mass is 10.1. The van der Waals surface area contributed by atoms with Gasteiger partial charge in [-0.3, -0.25) is 13.9 Å². The van der Waals surface area contributed by atoms with Crippen LogP contribution in [0.25, 0.3) is 0 Å². The first-order chi connectivity index (χ1) is 19.7. The predicted octanol–water partition coefficient (Wildman–Crippen LogP) is 6.06. The van der Waals surface area contributed by atoms with Crippen molar-refractivity contribution in [2.24, 2.45) is 0 Å². The van der Waals surface area contributed by atoms with E-state index in [-0.39, 0.29) is 33.8 Å². The maximum Gasteiger partial charge on any atom is 0.264 e. The van der Waals surface area contributed by atoms with Gasteiger partial charge in [0.2, 0.25) is 5.91 Å². The van der Waals surface area contributed by atoms with Gasteiger partial charge >= 0.3 is 0 Å². The molecule has 0 unspecified atom stereocenters. The van der Waals surface area contributed by atoms with Crippen molar-refractivity contribution in [2.75, 3.05) is 22.8 Å². The fourth-order valence-corrected chi connectivity index (χ4v) is 5.74. The highest BCUT2D eigenvalue weighted by molar-refractivity contribution is 7.92. The van der Waals surface area contributed by atoms with Gasteiger partial charge in [0.1, 0.15) is 12.3 Å². The molecule has 0 heterocycles. The van der Waals surface area contributed by atoms with Gasteiger partial charge < -0.3 is 15.4 Å². The third-order valence-corrected chi connectivity index (χ3v) is 8.24. The summed E-state index contributed by atoms with van der Waals surface area (Å²) in [5, 5.41) is 6.04. The largest absolute Gasteiger partial charge is 0.492 e. The van der Waals surface area contributed by atoms with E-state index in [1.165, 1.54) is 24.3 Å². The summed E-state index contributed by atoms with van der Waals surface area (Å²) >= 11 is 5.98. The predicted molar refractivity (Wildman–Crippen MR) is 161 cm³/mol. The minimum Gasteiger partial charge on any atom is -0.492 e. The number of nitrogens with zero attached hydrogens (tertiary/aromatic N) is 1. The van der Waals surface area contributed by atoms with Gasteiger partial charge in [0, 0.05) is 5.02 Å². The normalized spacial score (nSPS) is 11.8. The molecule has 0 aromatic heterocycles. The van der Waals surface area contributed by atoms with E-state index >= 15 is 0 Å². The van der Waals surface area contributed by atoms with Gasteiger partial charge in [0.25, 0.3) is 15.9 Å². The van der Waals surface area contributed by atoms with Gasteiger partial charge in [-0.05, 0) is 67.9 Å². The first-order valence-corrected chi connectivity index (χ1v) is 14.8. The second-order valence-electron chi connectivity index (χ2n) is 9.07. The molecular weight excluding hydrogens is 562 g/mol. The van der Waals surface area contributed by atoms with Crippen LogP contribution in [-0.4, -0.2) is 33.4 Å². The van der Waals surface area contributed by atoms with E-state index in [4.69, 9.17) is 16.3 Å². The van der Waals surface area contributed by atoms with Crippen molar-refractivity contribution < 1.29 is 22.7 Å². The summed E-state index contributed by atoms with van der Waals surface area (Å²) in [4.78, 5) is 26.5. The molecule has 0 aliphatic rings. The number of benzene rings is 4. The van der Waals surface area contributed by atoms with Crippen LogP contribution in [0, 0.1) is 0 Å². The number of anilines is 2. The van der Waals surface area contributed by atoms with E-state index in [0.29, 0.717) is 17.4 Å². The maximum absolute atomic E-state index is 13.8. The topological polar surface area (TPSA) is 105 Å². The van der Waals surface area contributed by atoms with Crippen LogP contribution in [0.15, 0.2) is 108 Å². The molecule has 0 bridgehead atoms. The van der Waals surface area contributed by atoms with Crippen molar-refractivity contribution in [2.45, 2.75) is 24.8 Å². The van der Waals surface area contributed by atoms with Crippen LogP contribution >= 0.6 is 11.6 Å². The Balaban J connectivity index is 1.62. The number of carbonyl (C=O) groups excluding carboxylic acids is 2. The summed E-state index contributed by atoms with van der Waals surface area (Å²) in [5.74, 6) is -0.732. The first-order valence-electron chi connectivity index (χ1n) is 13.0. The third kappa shape index (κ3) is 7.25. The Morgan fingerprint density at radius 3 is 2.22 bits per heavy atom. The quantitative estimate of drug-likeness (QED) is 0.220. The number of hydrogen-bond acceptors (Lipinski definition) is 5. The van der Waals surface area contributed by atoms with Crippen molar-refractivity contribution >= 4 is 44.8 Å². The summed E-state index contributed by atoms with van der Waals surface area (Å²) in [6, 6.07) is 28.0. The summed E-state index contributed by atoms with van der Waals surface area (Å²) < 4.78 is 34.3. The number of hydrogen-bond donors (Lipinski definition) is 2. The Kier molecular flexibility index (Phi) is 9.65. The van der Waals surface area contributed by atoms with Crippen molar-refractivity contribution in [3.05, 3.63) is 119 Å². The highest BCUT2D eigenvalue weighted by atomic mass is 35.5. The van der Waals surface area contributed by atoms with Gasteiger partial charge in [-0.25, -0.2) is 8.42 Å². The Morgan fingerprint density at radius 1 is 0.878 bits per heavy atom. The summed E-state index contributed by atoms with van der Waals surface area (Å²) in [6.07, 6.45) is 0.